The van der Waals surface area contributed by atoms with E-state index in [1.807, 2.05) is 6.92 Å². The lowest BCUT2D eigenvalue weighted by atomic mass is 10.3. The average Bonchev–Trinajstić information content (AvgIpc) is 2.17. The first-order chi connectivity index (χ1) is 6.67. The number of nitrogen functional groups attached to an aromatic ring is 1. The van der Waals surface area contributed by atoms with Crippen molar-refractivity contribution in [3.63, 3.8) is 0 Å². The molecule has 2 nitrogen and oxygen atoms in total. The lowest BCUT2D eigenvalue weighted by molar-refractivity contribution is 0.602. The highest BCUT2D eigenvalue weighted by atomic mass is 32.2. The molecule has 0 fully saturated rings. The van der Waals surface area contributed by atoms with Crippen molar-refractivity contribution in [2.75, 3.05) is 5.73 Å². The molecule has 2 N–H and O–H groups in total. The minimum Gasteiger partial charge on any atom is -0.399 e. The van der Waals surface area contributed by atoms with E-state index in [0.717, 1.165) is 0 Å². The van der Waals surface area contributed by atoms with Gasteiger partial charge in [-0.1, -0.05) is 6.92 Å². The number of benzene rings is 1. The molecule has 1 rings (SSSR count). The van der Waals surface area contributed by atoms with Gasteiger partial charge >= 0.3 is 0 Å². The normalized spacial score (nSPS) is 12.1. The van der Waals surface area contributed by atoms with E-state index in [-0.39, 0.29) is 11.1 Å². The molecule has 74 valence electrons. The molecule has 0 amide bonds. The minimum atomic E-state index is -0.358. The van der Waals surface area contributed by atoms with Crippen molar-refractivity contribution in [2.24, 2.45) is 0 Å². The van der Waals surface area contributed by atoms with Gasteiger partial charge in [-0.05, 0) is 24.6 Å². The summed E-state index contributed by atoms with van der Waals surface area (Å²) in [5, 5.41) is 8.51. The summed E-state index contributed by atoms with van der Waals surface area (Å²) in [6, 6.07) is 6.62. The minimum absolute atomic E-state index is 0.201. The van der Waals surface area contributed by atoms with Crippen LogP contribution < -0.4 is 5.73 Å². The van der Waals surface area contributed by atoms with Gasteiger partial charge in [-0.15, -0.1) is 11.8 Å². The van der Waals surface area contributed by atoms with E-state index in [9.17, 15) is 4.39 Å². The predicted octanol–water partition coefficient (Wildman–Crippen LogP) is 2.80. The molecular formula is C10H11FN2S. The van der Waals surface area contributed by atoms with E-state index in [2.05, 4.69) is 6.07 Å². The first kappa shape index (κ1) is 10.9. The first-order valence-electron chi connectivity index (χ1n) is 4.28. The molecule has 0 bridgehead atoms. The number of anilines is 1. The zero-order chi connectivity index (χ0) is 10.6. The number of rotatable bonds is 3. The summed E-state index contributed by atoms with van der Waals surface area (Å²) in [4.78, 5) is 0.479. The number of hydrogen-bond acceptors (Lipinski definition) is 3. The number of nitrogens with zero attached hydrogens (tertiary/aromatic N) is 1. The van der Waals surface area contributed by atoms with Crippen LogP contribution in [0.5, 0.6) is 0 Å². The summed E-state index contributed by atoms with van der Waals surface area (Å²) in [6.45, 7) is 1.90. The largest absolute Gasteiger partial charge is 0.399 e. The summed E-state index contributed by atoms with van der Waals surface area (Å²) < 4.78 is 13.3. The number of nitrogens with two attached hydrogens (primary N) is 1. The fourth-order valence-corrected chi connectivity index (χ4v) is 1.81. The van der Waals surface area contributed by atoms with E-state index in [1.54, 1.807) is 12.1 Å². The molecule has 1 unspecified atom stereocenters. The molecule has 0 radical (unpaired) electrons. The van der Waals surface area contributed by atoms with Crippen molar-refractivity contribution >= 4 is 17.4 Å². The Morgan fingerprint density at radius 3 is 2.86 bits per heavy atom. The lowest BCUT2D eigenvalue weighted by Crippen LogP contribution is -1.97. The smallest absolute Gasteiger partial charge is 0.138 e. The van der Waals surface area contributed by atoms with Crippen LogP contribution in [0.4, 0.5) is 10.1 Å². The third-order valence-corrected chi connectivity index (χ3v) is 3.05. The Morgan fingerprint density at radius 2 is 2.36 bits per heavy atom. The second kappa shape index (κ2) is 4.87. The maximum atomic E-state index is 13.3. The van der Waals surface area contributed by atoms with Crippen molar-refractivity contribution in [2.45, 2.75) is 23.5 Å². The molecule has 4 heteroatoms. The van der Waals surface area contributed by atoms with Crippen LogP contribution >= 0.6 is 11.8 Å². The van der Waals surface area contributed by atoms with Crippen molar-refractivity contribution in [1.82, 2.24) is 0 Å². The molecular weight excluding hydrogens is 199 g/mol. The van der Waals surface area contributed by atoms with Crippen LogP contribution in [0, 0.1) is 17.1 Å². The zero-order valence-corrected chi connectivity index (χ0v) is 8.64. The maximum absolute atomic E-state index is 13.3. The molecule has 1 aromatic rings. The Kier molecular flexibility index (Phi) is 3.78. The van der Waals surface area contributed by atoms with Crippen LogP contribution in [0.15, 0.2) is 23.1 Å². The predicted molar refractivity (Wildman–Crippen MR) is 56.4 cm³/mol. The summed E-state index contributed by atoms with van der Waals surface area (Å²) >= 11 is 1.23. The Labute approximate surface area is 86.9 Å². The summed E-state index contributed by atoms with van der Waals surface area (Å²) in [5.74, 6) is -0.358. The highest BCUT2D eigenvalue weighted by Gasteiger charge is 2.10. The van der Waals surface area contributed by atoms with Gasteiger partial charge in [-0.2, -0.15) is 5.26 Å². The second-order valence-corrected chi connectivity index (χ2v) is 4.08. The fourth-order valence-electron chi connectivity index (χ4n) is 0.967. The number of thioether (sulfide) groups is 1. The highest BCUT2D eigenvalue weighted by Crippen LogP contribution is 2.28. The molecule has 0 spiro atoms. The molecule has 0 saturated heterocycles. The molecule has 0 aliphatic carbocycles. The highest BCUT2D eigenvalue weighted by molar-refractivity contribution is 8.00. The SMILES string of the molecule is CCC(C#N)Sc1ccc(N)cc1F. The zero-order valence-electron chi connectivity index (χ0n) is 7.83. The molecule has 1 atom stereocenters. The third-order valence-electron chi connectivity index (χ3n) is 1.74. The molecule has 0 aromatic heterocycles. The first-order valence-corrected chi connectivity index (χ1v) is 5.16. The Bertz CT molecular complexity index is 360. The standard InChI is InChI=1S/C10H11FN2S/c1-2-8(6-12)14-10-4-3-7(13)5-9(10)11/h3-5,8H,2,13H2,1H3. The van der Waals surface area contributed by atoms with Crippen molar-refractivity contribution in [3.05, 3.63) is 24.0 Å². The van der Waals surface area contributed by atoms with Crippen LogP contribution in [-0.4, -0.2) is 5.25 Å². The van der Waals surface area contributed by atoms with Gasteiger partial charge in [0.2, 0.25) is 0 Å². The summed E-state index contributed by atoms with van der Waals surface area (Å²) in [6.07, 6.45) is 0.699. The molecule has 0 heterocycles. The molecule has 14 heavy (non-hydrogen) atoms. The Balaban J connectivity index is 2.82. The summed E-state index contributed by atoms with van der Waals surface area (Å²) in [5.41, 5.74) is 5.81. The van der Waals surface area contributed by atoms with Crippen LogP contribution in [0.1, 0.15) is 13.3 Å². The molecule has 0 aliphatic heterocycles. The van der Waals surface area contributed by atoms with Gasteiger partial charge in [0.05, 0.1) is 11.3 Å². The van der Waals surface area contributed by atoms with Gasteiger partial charge in [-0.25, -0.2) is 4.39 Å². The van der Waals surface area contributed by atoms with Gasteiger partial charge in [0.1, 0.15) is 5.82 Å². The van der Waals surface area contributed by atoms with Crippen LogP contribution in [0.3, 0.4) is 0 Å². The number of nitriles is 1. The van der Waals surface area contributed by atoms with E-state index in [0.29, 0.717) is 17.0 Å². The lowest BCUT2D eigenvalue weighted by Gasteiger charge is -2.06. The molecule has 0 aliphatic rings. The second-order valence-electron chi connectivity index (χ2n) is 2.83. The monoisotopic (exact) mass is 210 g/mol. The Hall–Kier alpha value is -1.21. The number of hydrogen-bond donors (Lipinski definition) is 1. The van der Waals surface area contributed by atoms with Gasteiger partial charge in [-0.3, -0.25) is 0 Å². The van der Waals surface area contributed by atoms with Crippen LogP contribution in [0.2, 0.25) is 0 Å². The van der Waals surface area contributed by atoms with Crippen molar-refractivity contribution in [1.29, 1.82) is 5.26 Å². The van der Waals surface area contributed by atoms with E-state index in [1.165, 1.54) is 17.8 Å². The van der Waals surface area contributed by atoms with Crippen LogP contribution in [-0.2, 0) is 0 Å². The fraction of sp³-hybridized carbons (Fsp3) is 0.300. The quantitative estimate of drug-likeness (QED) is 0.616. The maximum Gasteiger partial charge on any atom is 0.138 e. The van der Waals surface area contributed by atoms with Crippen molar-refractivity contribution < 1.29 is 4.39 Å². The van der Waals surface area contributed by atoms with Gasteiger partial charge in [0, 0.05) is 10.6 Å². The number of halogens is 1. The van der Waals surface area contributed by atoms with E-state index >= 15 is 0 Å². The Morgan fingerprint density at radius 1 is 1.64 bits per heavy atom. The third kappa shape index (κ3) is 2.64. The van der Waals surface area contributed by atoms with Crippen molar-refractivity contribution in [3.8, 4) is 6.07 Å². The van der Waals surface area contributed by atoms with Gasteiger partial charge in [0.25, 0.3) is 0 Å². The van der Waals surface area contributed by atoms with Crippen LogP contribution in [0.25, 0.3) is 0 Å². The summed E-state index contributed by atoms with van der Waals surface area (Å²) in [7, 11) is 0. The van der Waals surface area contributed by atoms with Gasteiger partial charge < -0.3 is 5.73 Å². The van der Waals surface area contributed by atoms with E-state index in [4.69, 9.17) is 11.0 Å². The molecule has 0 saturated carbocycles. The molecule has 1 aromatic carbocycles. The average molecular weight is 210 g/mol. The van der Waals surface area contributed by atoms with E-state index < -0.39 is 0 Å². The van der Waals surface area contributed by atoms with Gasteiger partial charge in [0.15, 0.2) is 0 Å². The topological polar surface area (TPSA) is 49.8 Å².